The van der Waals surface area contributed by atoms with Gasteiger partial charge in [-0.1, -0.05) is 25.1 Å². The maximum Gasteiger partial charge on any atom is 0.210 e. The lowest BCUT2D eigenvalue weighted by atomic mass is 9.98. The molecule has 0 amide bonds. The first kappa shape index (κ1) is 19.8. The highest BCUT2D eigenvalue weighted by Gasteiger charge is 2.29. The van der Waals surface area contributed by atoms with Gasteiger partial charge in [0.1, 0.15) is 22.0 Å². The quantitative estimate of drug-likeness (QED) is 0.610. The summed E-state index contributed by atoms with van der Waals surface area (Å²) in [6, 6.07) is 8.42. The third-order valence-corrected chi connectivity index (χ3v) is 7.38. The molecule has 0 N–H and O–H groups in total. The Morgan fingerprint density at radius 1 is 1.07 bits per heavy atom. The summed E-state index contributed by atoms with van der Waals surface area (Å²) in [5, 5.41) is 0.452. The minimum absolute atomic E-state index is 0.0200. The average Bonchev–Trinajstić information content (AvgIpc) is 2.70. The standard InChI is InChI=1S/C22H22F2N2O2S/c1-14-8-10-26(11-9-14)22-17-4-3-5-18(23)21(17)25-13-20(22)29(27,28)16-7-6-15(2)19(24)12-16/h3-7,12-14H,8-11H2,1-2H3. The van der Waals surface area contributed by atoms with Crippen LogP contribution in [0.4, 0.5) is 14.5 Å². The molecule has 1 aliphatic rings. The number of anilines is 1. The van der Waals surface area contributed by atoms with Crippen molar-refractivity contribution in [1.82, 2.24) is 4.98 Å². The largest absolute Gasteiger partial charge is 0.370 e. The molecule has 0 bridgehead atoms. The number of aryl methyl sites for hydroxylation is 1. The van der Waals surface area contributed by atoms with E-state index in [2.05, 4.69) is 11.9 Å². The third-order valence-electron chi connectivity index (χ3n) is 5.63. The lowest BCUT2D eigenvalue weighted by Crippen LogP contribution is -2.34. The second-order valence-electron chi connectivity index (χ2n) is 7.69. The van der Waals surface area contributed by atoms with Crippen LogP contribution in [-0.2, 0) is 9.84 Å². The van der Waals surface area contributed by atoms with Crippen LogP contribution < -0.4 is 4.90 Å². The molecular weight excluding hydrogens is 394 g/mol. The maximum absolute atomic E-state index is 14.4. The second kappa shape index (κ2) is 7.37. The van der Waals surface area contributed by atoms with Gasteiger partial charge in [-0.15, -0.1) is 0 Å². The SMILES string of the molecule is Cc1ccc(S(=O)(=O)c2cnc3c(F)cccc3c2N2CCC(C)CC2)cc1F. The summed E-state index contributed by atoms with van der Waals surface area (Å²) in [4.78, 5) is 5.94. The molecule has 2 heterocycles. The molecule has 1 saturated heterocycles. The van der Waals surface area contributed by atoms with Gasteiger partial charge in [0.2, 0.25) is 9.84 Å². The summed E-state index contributed by atoms with van der Waals surface area (Å²) < 4.78 is 55.3. The van der Waals surface area contributed by atoms with Crippen molar-refractivity contribution in [3.05, 3.63) is 59.8 Å². The smallest absolute Gasteiger partial charge is 0.210 e. The number of pyridine rings is 1. The molecule has 0 radical (unpaired) electrons. The average molecular weight is 416 g/mol. The molecule has 0 spiro atoms. The number of piperidine rings is 1. The van der Waals surface area contributed by atoms with Crippen LogP contribution in [0.3, 0.4) is 0 Å². The highest BCUT2D eigenvalue weighted by Crippen LogP contribution is 2.38. The van der Waals surface area contributed by atoms with Gasteiger partial charge in [-0.2, -0.15) is 0 Å². The Morgan fingerprint density at radius 3 is 2.48 bits per heavy atom. The Hall–Kier alpha value is -2.54. The topological polar surface area (TPSA) is 50.3 Å². The van der Waals surface area contributed by atoms with Crippen molar-refractivity contribution in [3.63, 3.8) is 0 Å². The first-order valence-corrected chi connectivity index (χ1v) is 11.1. The Bertz CT molecular complexity index is 1190. The van der Waals surface area contributed by atoms with Gasteiger partial charge in [-0.3, -0.25) is 4.98 Å². The van der Waals surface area contributed by atoms with E-state index in [1.54, 1.807) is 19.1 Å². The highest BCUT2D eigenvalue weighted by atomic mass is 32.2. The normalized spacial score (nSPS) is 15.8. The molecular formula is C22H22F2N2O2S. The van der Waals surface area contributed by atoms with Crippen molar-refractivity contribution < 1.29 is 17.2 Å². The Balaban J connectivity index is 1.96. The van der Waals surface area contributed by atoms with E-state index in [-0.39, 0.29) is 15.3 Å². The summed E-state index contributed by atoms with van der Waals surface area (Å²) in [6.07, 6.45) is 3.03. The highest BCUT2D eigenvalue weighted by molar-refractivity contribution is 7.91. The summed E-state index contributed by atoms with van der Waals surface area (Å²) in [5.41, 5.74) is 0.949. The van der Waals surface area contributed by atoms with Crippen LogP contribution in [0.5, 0.6) is 0 Å². The molecule has 0 atom stereocenters. The first-order valence-electron chi connectivity index (χ1n) is 9.62. The molecule has 0 unspecified atom stereocenters. The summed E-state index contributed by atoms with van der Waals surface area (Å²) in [6.45, 7) is 5.07. The fourth-order valence-electron chi connectivity index (χ4n) is 3.78. The lowest BCUT2D eigenvalue weighted by molar-refractivity contribution is 0.437. The zero-order valence-electron chi connectivity index (χ0n) is 16.3. The molecule has 152 valence electrons. The van der Waals surface area contributed by atoms with Gasteiger partial charge < -0.3 is 4.90 Å². The maximum atomic E-state index is 14.4. The van der Waals surface area contributed by atoms with Crippen molar-refractivity contribution in [3.8, 4) is 0 Å². The van der Waals surface area contributed by atoms with E-state index in [4.69, 9.17) is 0 Å². The summed E-state index contributed by atoms with van der Waals surface area (Å²) in [5.74, 6) is -0.541. The second-order valence-corrected chi connectivity index (χ2v) is 9.61. The number of aromatic nitrogens is 1. The number of nitrogens with zero attached hydrogens (tertiary/aromatic N) is 2. The molecule has 1 fully saturated rings. The van der Waals surface area contributed by atoms with Crippen molar-refractivity contribution in [2.75, 3.05) is 18.0 Å². The van der Waals surface area contributed by atoms with Gasteiger partial charge in [0.15, 0.2) is 0 Å². The minimum atomic E-state index is -4.04. The number of rotatable bonds is 3. The Labute approximate surface area is 169 Å². The van der Waals surface area contributed by atoms with Gasteiger partial charge in [0.05, 0.1) is 10.6 Å². The lowest BCUT2D eigenvalue weighted by Gasteiger charge is -2.34. The zero-order valence-corrected chi connectivity index (χ0v) is 17.1. The molecule has 3 aromatic rings. The monoisotopic (exact) mass is 416 g/mol. The van der Waals surface area contributed by atoms with E-state index < -0.39 is 21.5 Å². The Morgan fingerprint density at radius 2 is 1.79 bits per heavy atom. The fourth-order valence-corrected chi connectivity index (χ4v) is 5.22. The van der Waals surface area contributed by atoms with E-state index in [0.29, 0.717) is 35.6 Å². The molecule has 7 heteroatoms. The molecule has 29 heavy (non-hydrogen) atoms. The molecule has 4 rings (SSSR count). The molecule has 1 aromatic heterocycles. The number of benzene rings is 2. The summed E-state index contributed by atoms with van der Waals surface area (Å²) in [7, 11) is -4.04. The number of hydrogen-bond acceptors (Lipinski definition) is 4. The third kappa shape index (κ3) is 3.48. The number of para-hydroxylation sites is 1. The Kier molecular flexibility index (Phi) is 5.02. The molecule has 4 nitrogen and oxygen atoms in total. The van der Waals surface area contributed by atoms with E-state index >= 15 is 0 Å². The van der Waals surface area contributed by atoms with E-state index in [1.165, 1.54) is 24.4 Å². The van der Waals surface area contributed by atoms with Crippen molar-refractivity contribution in [1.29, 1.82) is 0 Å². The molecule has 0 saturated carbocycles. The number of sulfone groups is 1. The van der Waals surface area contributed by atoms with Gasteiger partial charge >= 0.3 is 0 Å². The molecule has 2 aromatic carbocycles. The van der Waals surface area contributed by atoms with E-state index in [1.807, 2.05) is 4.90 Å². The van der Waals surface area contributed by atoms with E-state index in [9.17, 15) is 17.2 Å². The van der Waals surface area contributed by atoms with Gasteiger partial charge in [0.25, 0.3) is 0 Å². The van der Waals surface area contributed by atoms with Crippen LogP contribution >= 0.6 is 0 Å². The molecule has 1 aliphatic heterocycles. The first-order chi connectivity index (χ1) is 13.8. The van der Waals surface area contributed by atoms with Crippen LogP contribution in [-0.4, -0.2) is 26.5 Å². The van der Waals surface area contributed by atoms with Gasteiger partial charge in [-0.05, 0) is 49.4 Å². The number of hydrogen-bond donors (Lipinski definition) is 0. The zero-order chi connectivity index (χ0) is 20.8. The van der Waals surface area contributed by atoms with Crippen molar-refractivity contribution in [2.24, 2.45) is 5.92 Å². The van der Waals surface area contributed by atoms with Gasteiger partial charge in [0, 0.05) is 24.7 Å². The summed E-state index contributed by atoms with van der Waals surface area (Å²) >= 11 is 0. The van der Waals surface area contributed by atoms with Gasteiger partial charge in [-0.25, -0.2) is 17.2 Å². The number of halogens is 2. The van der Waals surface area contributed by atoms with Crippen LogP contribution in [0.1, 0.15) is 25.3 Å². The predicted octanol–water partition coefficient (Wildman–Crippen LogP) is 4.89. The number of fused-ring (bicyclic) bond motifs is 1. The van der Waals surface area contributed by atoms with Crippen molar-refractivity contribution in [2.45, 2.75) is 36.5 Å². The van der Waals surface area contributed by atoms with Crippen LogP contribution in [0.2, 0.25) is 0 Å². The van der Waals surface area contributed by atoms with Crippen LogP contribution in [0.15, 0.2) is 52.4 Å². The van der Waals surface area contributed by atoms with Crippen molar-refractivity contribution >= 4 is 26.4 Å². The fraction of sp³-hybridized carbons (Fsp3) is 0.318. The minimum Gasteiger partial charge on any atom is -0.370 e. The van der Waals surface area contributed by atoms with E-state index in [0.717, 1.165) is 18.9 Å². The predicted molar refractivity (Wildman–Crippen MR) is 109 cm³/mol. The van der Waals surface area contributed by atoms with Crippen LogP contribution in [0, 0.1) is 24.5 Å². The van der Waals surface area contributed by atoms with Crippen LogP contribution in [0.25, 0.3) is 10.9 Å². The molecule has 0 aliphatic carbocycles.